The van der Waals surface area contributed by atoms with Gasteiger partial charge in [-0.15, -0.1) is 11.3 Å². The highest BCUT2D eigenvalue weighted by Gasteiger charge is 2.18. The maximum absolute atomic E-state index is 2.42. The lowest BCUT2D eigenvalue weighted by molar-refractivity contribution is 1.18. The third kappa shape index (κ3) is 6.79. The summed E-state index contributed by atoms with van der Waals surface area (Å²) in [6, 6.07) is 93.0. The van der Waals surface area contributed by atoms with Crippen LogP contribution in [0.3, 0.4) is 0 Å². The highest BCUT2D eigenvalue weighted by molar-refractivity contribution is 7.26. The maximum atomic E-state index is 2.42. The normalized spacial score (nSPS) is 11.6. The quantitative estimate of drug-likeness (QED) is 0.148. The van der Waals surface area contributed by atoms with Gasteiger partial charge < -0.3 is 9.47 Å². The van der Waals surface area contributed by atoms with E-state index in [9.17, 15) is 0 Å². The number of benzene rings is 11. The first-order valence-corrected chi connectivity index (χ1v) is 23.7. The van der Waals surface area contributed by atoms with Gasteiger partial charge >= 0.3 is 0 Å². The van der Waals surface area contributed by atoms with E-state index in [0.717, 1.165) is 28.3 Å². The number of anilines is 3. The largest absolute Gasteiger partial charge is 0.311 e. The van der Waals surface area contributed by atoms with E-state index in [2.05, 4.69) is 264 Å². The molecule has 0 bridgehead atoms. The molecule has 314 valence electrons. The van der Waals surface area contributed by atoms with Crippen LogP contribution in [0.1, 0.15) is 0 Å². The minimum Gasteiger partial charge on any atom is -0.311 e. The molecule has 3 heteroatoms. The number of rotatable bonds is 8. The SMILES string of the molecule is c1ccc(-c2ccc(-c3ccc(N(c4ccc(-c5ccc6c(c5)sc5c7ccccc7ccc65)cc4)c4ccc(-c5ccccc5-n5c6ccccc6c6ccccc65)cc4)cc3)cc2)cc1. The summed E-state index contributed by atoms with van der Waals surface area (Å²) >= 11 is 1.89. The molecule has 2 aromatic heterocycles. The molecule has 0 aliphatic heterocycles. The van der Waals surface area contributed by atoms with Gasteiger partial charge in [0.25, 0.3) is 0 Å². The molecule has 67 heavy (non-hydrogen) atoms. The lowest BCUT2D eigenvalue weighted by Gasteiger charge is -2.26. The molecule has 0 saturated heterocycles. The van der Waals surface area contributed by atoms with Gasteiger partial charge in [-0.2, -0.15) is 0 Å². The van der Waals surface area contributed by atoms with Gasteiger partial charge in [-0.3, -0.25) is 0 Å². The van der Waals surface area contributed by atoms with E-state index in [-0.39, 0.29) is 0 Å². The number of hydrogen-bond acceptors (Lipinski definition) is 2. The van der Waals surface area contributed by atoms with Gasteiger partial charge in [0.05, 0.1) is 16.7 Å². The molecule has 0 atom stereocenters. The Kier molecular flexibility index (Phi) is 9.40. The van der Waals surface area contributed by atoms with E-state index in [1.807, 2.05) is 11.3 Å². The molecule has 13 rings (SSSR count). The molecule has 2 nitrogen and oxygen atoms in total. The number of aromatic nitrogens is 1. The number of thiophene rings is 1. The van der Waals surface area contributed by atoms with Crippen LogP contribution in [0.2, 0.25) is 0 Å². The molecule has 0 fully saturated rings. The average molecular weight is 871 g/mol. The number of hydrogen-bond donors (Lipinski definition) is 0. The monoisotopic (exact) mass is 870 g/mol. The minimum absolute atomic E-state index is 1.09. The molecule has 0 unspecified atom stereocenters. The zero-order chi connectivity index (χ0) is 44.3. The van der Waals surface area contributed by atoms with Crippen molar-refractivity contribution < 1.29 is 0 Å². The van der Waals surface area contributed by atoms with Crippen LogP contribution >= 0.6 is 11.3 Å². The van der Waals surface area contributed by atoms with Crippen molar-refractivity contribution in [2.75, 3.05) is 4.90 Å². The summed E-state index contributed by atoms with van der Waals surface area (Å²) in [4.78, 5) is 2.37. The second-order valence-electron chi connectivity index (χ2n) is 17.3. The molecule has 0 saturated carbocycles. The van der Waals surface area contributed by atoms with Gasteiger partial charge in [-0.05, 0) is 110 Å². The second-order valence-corrected chi connectivity index (χ2v) is 18.3. The van der Waals surface area contributed by atoms with E-state index in [1.165, 1.54) is 91.7 Å². The molecule has 0 aliphatic rings. The third-order valence-corrected chi connectivity index (χ3v) is 14.6. The molecular formula is C64H42N2S. The van der Waals surface area contributed by atoms with Gasteiger partial charge in [-0.25, -0.2) is 0 Å². The number of nitrogens with zero attached hydrogens (tertiary/aromatic N) is 2. The summed E-state index contributed by atoms with van der Waals surface area (Å²) in [5, 5.41) is 7.76. The van der Waals surface area contributed by atoms with Crippen molar-refractivity contribution >= 4 is 81.1 Å². The van der Waals surface area contributed by atoms with Crippen molar-refractivity contribution in [3.05, 3.63) is 255 Å². The Hall–Kier alpha value is -8.50. The van der Waals surface area contributed by atoms with Gasteiger partial charge in [0.2, 0.25) is 0 Å². The van der Waals surface area contributed by atoms with Crippen molar-refractivity contribution in [1.29, 1.82) is 0 Å². The molecule has 0 N–H and O–H groups in total. The fourth-order valence-electron chi connectivity index (χ4n) is 10.1. The highest BCUT2D eigenvalue weighted by atomic mass is 32.1. The first kappa shape index (κ1) is 38.9. The smallest absolute Gasteiger partial charge is 0.0541 e. The van der Waals surface area contributed by atoms with Crippen LogP contribution in [0.25, 0.3) is 103 Å². The standard InChI is InChI=1S/C64H42N2S/c1-2-12-43(13-3-1)44-22-24-45(25-23-44)46-26-34-51(35-27-46)65(52-36-28-47(29-37-52)50-33-40-58-59-41-32-48-14-4-5-16-55(48)64(59)67-63(58)42-50)53-38-30-49(31-39-53)54-15-6-9-19-60(54)66-61-20-10-7-17-56(61)57-18-8-11-21-62(57)66/h1-42H. The molecule has 0 radical (unpaired) electrons. The van der Waals surface area contributed by atoms with Crippen LogP contribution in [0, 0.1) is 0 Å². The molecule has 0 spiro atoms. The Morgan fingerprint density at radius 1 is 0.299 bits per heavy atom. The summed E-state index contributed by atoms with van der Waals surface area (Å²) in [5.74, 6) is 0. The average Bonchev–Trinajstić information content (AvgIpc) is 3.95. The Balaban J connectivity index is 0.874. The zero-order valence-electron chi connectivity index (χ0n) is 36.6. The molecule has 2 heterocycles. The van der Waals surface area contributed by atoms with Gasteiger partial charge in [0.15, 0.2) is 0 Å². The van der Waals surface area contributed by atoms with Crippen LogP contribution in [0.15, 0.2) is 255 Å². The third-order valence-electron chi connectivity index (χ3n) is 13.4. The van der Waals surface area contributed by atoms with E-state index < -0.39 is 0 Å². The lowest BCUT2D eigenvalue weighted by Crippen LogP contribution is -2.09. The maximum Gasteiger partial charge on any atom is 0.0541 e. The minimum atomic E-state index is 1.09. The summed E-state index contributed by atoms with van der Waals surface area (Å²) in [6.07, 6.45) is 0. The predicted octanol–water partition coefficient (Wildman–Crippen LogP) is 18.4. The summed E-state index contributed by atoms with van der Waals surface area (Å²) < 4.78 is 5.08. The molecule has 0 aliphatic carbocycles. The van der Waals surface area contributed by atoms with Crippen molar-refractivity contribution in [3.8, 4) is 50.2 Å². The van der Waals surface area contributed by atoms with E-state index in [1.54, 1.807) is 0 Å². The van der Waals surface area contributed by atoms with Crippen LogP contribution in [0.5, 0.6) is 0 Å². The fraction of sp³-hybridized carbons (Fsp3) is 0. The van der Waals surface area contributed by atoms with Crippen LogP contribution in [-0.4, -0.2) is 4.57 Å². The van der Waals surface area contributed by atoms with E-state index in [0.29, 0.717) is 0 Å². The Morgan fingerprint density at radius 2 is 0.746 bits per heavy atom. The van der Waals surface area contributed by atoms with Crippen molar-refractivity contribution in [1.82, 2.24) is 4.57 Å². The summed E-state index contributed by atoms with van der Waals surface area (Å²) in [6.45, 7) is 0. The van der Waals surface area contributed by atoms with Crippen molar-refractivity contribution in [3.63, 3.8) is 0 Å². The predicted molar refractivity (Wildman–Crippen MR) is 288 cm³/mol. The fourth-order valence-corrected chi connectivity index (χ4v) is 11.4. The van der Waals surface area contributed by atoms with E-state index in [4.69, 9.17) is 0 Å². The molecule has 0 amide bonds. The lowest BCUT2D eigenvalue weighted by atomic mass is 9.99. The Morgan fingerprint density at radius 3 is 1.37 bits per heavy atom. The van der Waals surface area contributed by atoms with Crippen LogP contribution in [-0.2, 0) is 0 Å². The van der Waals surface area contributed by atoms with Crippen LogP contribution in [0.4, 0.5) is 17.1 Å². The summed E-state index contributed by atoms with van der Waals surface area (Å²) in [5.41, 5.74) is 16.4. The second kappa shape index (κ2) is 16.2. The Bertz CT molecular complexity index is 3880. The van der Waals surface area contributed by atoms with Gasteiger partial charge in [0, 0.05) is 53.6 Å². The van der Waals surface area contributed by atoms with Crippen molar-refractivity contribution in [2.45, 2.75) is 0 Å². The van der Waals surface area contributed by atoms with Crippen LogP contribution < -0.4 is 4.90 Å². The van der Waals surface area contributed by atoms with Crippen molar-refractivity contribution in [2.24, 2.45) is 0 Å². The van der Waals surface area contributed by atoms with E-state index >= 15 is 0 Å². The molecule has 13 aromatic rings. The summed E-state index contributed by atoms with van der Waals surface area (Å²) in [7, 11) is 0. The Labute approximate surface area is 393 Å². The number of para-hydroxylation sites is 3. The van der Waals surface area contributed by atoms with Gasteiger partial charge in [-0.1, -0.05) is 194 Å². The molecular weight excluding hydrogens is 829 g/mol. The molecule has 11 aromatic carbocycles. The first-order valence-electron chi connectivity index (χ1n) is 22.9. The topological polar surface area (TPSA) is 8.17 Å². The highest BCUT2D eigenvalue weighted by Crippen LogP contribution is 2.43. The number of fused-ring (bicyclic) bond motifs is 8. The van der Waals surface area contributed by atoms with Gasteiger partial charge in [0.1, 0.15) is 0 Å². The first-order chi connectivity index (χ1) is 33.2. The zero-order valence-corrected chi connectivity index (χ0v) is 37.4.